The Hall–Kier alpha value is -3.30. The maximum Gasteiger partial charge on any atom is 0.272 e. The molecule has 8 nitrogen and oxygen atoms in total. The first-order chi connectivity index (χ1) is 18.8. The molecule has 2 aromatic heterocycles. The summed E-state index contributed by atoms with van der Waals surface area (Å²) in [5, 5.41) is 0.848. The molecular weight excluding hydrogens is 497 g/mol. The molecule has 204 valence electrons. The van der Waals surface area contributed by atoms with Crippen LogP contribution >= 0.6 is 0 Å². The number of likely N-dealkylation sites (tertiary alicyclic amines) is 2. The van der Waals surface area contributed by atoms with E-state index in [2.05, 4.69) is 34.9 Å². The van der Waals surface area contributed by atoms with Crippen molar-refractivity contribution in [1.82, 2.24) is 19.8 Å². The number of anilines is 1. The monoisotopic (exact) mass is 531 g/mol. The van der Waals surface area contributed by atoms with Gasteiger partial charge in [0.25, 0.3) is 5.91 Å². The van der Waals surface area contributed by atoms with Crippen LogP contribution in [0.25, 0.3) is 10.9 Å². The van der Waals surface area contributed by atoms with Crippen molar-refractivity contribution in [2.24, 2.45) is 5.92 Å². The third-order valence-electron chi connectivity index (χ3n) is 9.17. The lowest BCUT2D eigenvalue weighted by Crippen LogP contribution is -2.46. The largest absolute Gasteiger partial charge is 0.483 e. The van der Waals surface area contributed by atoms with Crippen molar-refractivity contribution in [2.75, 3.05) is 32.4 Å². The molecule has 2 saturated heterocycles. The van der Waals surface area contributed by atoms with Crippen LogP contribution in [0.15, 0.2) is 24.4 Å². The number of ether oxygens (including phenoxy) is 2. The van der Waals surface area contributed by atoms with Gasteiger partial charge in [0, 0.05) is 55.4 Å². The van der Waals surface area contributed by atoms with Crippen LogP contribution in [0.1, 0.15) is 71.4 Å². The number of nitrogens with zero attached hydrogens (tertiary/aromatic N) is 4. The van der Waals surface area contributed by atoms with Crippen molar-refractivity contribution in [3.63, 3.8) is 0 Å². The van der Waals surface area contributed by atoms with Crippen LogP contribution in [-0.2, 0) is 24.4 Å². The minimum atomic E-state index is -0.326. The Kier molecular flexibility index (Phi) is 5.79. The molecule has 1 amide bonds. The van der Waals surface area contributed by atoms with Crippen LogP contribution in [0.3, 0.4) is 0 Å². The highest BCUT2D eigenvalue weighted by atomic mass is 19.1. The molecule has 4 aliphatic rings. The van der Waals surface area contributed by atoms with Crippen LogP contribution in [0.5, 0.6) is 5.75 Å². The molecule has 39 heavy (non-hydrogen) atoms. The Morgan fingerprint density at radius 2 is 1.95 bits per heavy atom. The maximum absolute atomic E-state index is 15.5. The Morgan fingerprint density at radius 3 is 2.77 bits per heavy atom. The number of hydrogen-bond donors (Lipinski definition) is 1. The van der Waals surface area contributed by atoms with Crippen LogP contribution in [0.2, 0.25) is 0 Å². The minimum absolute atomic E-state index is 0.151. The number of benzene rings is 1. The van der Waals surface area contributed by atoms with Gasteiger partial charge in [-0.25, -0.2) is 14.4 Å². The van der Waals surface area contributed by atoms with Gasteiger partial charge in [-0.3, -0.25) is 4.79 Å². The topological polar surface area (TPSA) is 93.8 Å². The van der Waals surface area contributed by atoms with E-state index in [1.165, 1.54) is 0 Å². The van der Waals surface area contributed by atoms with E-state index in [-0.39, 0.29) is 23.4 Å². The lowest BCUT2D eigenvalue weighted by molar-refractivity contribution is 0.0247. The first kappa shape index (κ1) is 24.7. The molecule has 0 aliphatic carbocycles. The van der Waals surface area contributed by atoms with Gasteiger partial charge in [0.15, 0.2) is 11.6 Å². The fourth-order valence-electron chi connectivity index (χ4n) is 6.88. The predicted molar refractivity (Wildman–Crippen MR) is 145 cm³/mol. The van der Waals surface area contributed by atoms with Gasteiger partial charge >= 0.3 is 0 Å². The van der Waals surface area contributed by atoms with Crippen molar-refractivity contribution in [1.29, 1.82) is 0 Å². The number of piperidine rings is 2. The summed E-state index contributed by atoms with van der Waals surface area (Å²) in [5.41, 5.74) is 10.4. The third kappa shape index (κ3) is 4.14. The Morgan fingerprint density at radius 1 is 1.15 bits per heavy atom. The third-order valence-corrected chi connectivity index (χ3v) is 9.17. The van der Waals surface area contributed by atoms with Crippen molar-refractivity contribution in [3.05, 3.63) is 58.2 Å². The zero-order valence-corrected chi connectivity index (χ0v) is 22.5. The van der Waals surface area contributed by atoms with E-state index >= 15 is 4.39 Å². The Bertz CT molecular complexity index is 1490. The number of nitrogen functional groups attached to an aromatic ring is 1. The second-order valence-electron chi connectivity index (χ2n) is 11.9. The van der Waals surface area contributed by atoms with E-state index in [1.54, 1.807) is 12.3 Å². The summed E-state index contributed by atoms with van der Waals surface area (Å²) in [6, 6.07) is 5.25. The summed E-state index contributed by atoms with van der Waals surface area (Å²) < 4.78 is 27.4. The molecule has 1 spiro atoms. The molecule has 9 heteroatoms. The summed E-state index contributed by atoms with van der Waals surface area (Å²) >= 11 is 0. The quantitative estimate of drug-likeness (QED) is 0.524. The van der Waals surface area contributed by atoms with Crippen LogP contribution < -0.4 is 10.5 Å². The number of fused-ring (bicyclic) bond motifs is 4. The predicted octanol–water partition coefficient (Wildman–Crippen LogP) is 4.39. The number of pyridine rings is 2. The van der Waals surface area contributed by atoms with Gasteiger partial charge in [0.2, 0.25) is 0 Å². The van der Waals surface area contributed by atoms with E-state index < -0.39 is 0 Å². The van der Waals surface area contributed by atoms with Gasteiger partial charge in [-0.15, -0.1) is 0 Å². The molecule has 6 heterocycles. The lowest BCUT2D eigenvalue weighted by Gasteiger charge is -2.39. The Labute approximate surface area is 227 Å². The molecule has 2 fully saturated rings. The van der Waals surface area contributed by atoms with Crippen LogP contribution in [0.4, 0.5) is 10.2 Å². The highest BCUT2D eigenvalue weighted by Gasteiger charge is 2.43. The van der Waals surface area contributed by atoms with Crippen LogP contribution in [-0.4, -0.2) is 58.0 Å². The molecular formula is C30H34FN5O3. The van der Waals surface area contributed by atoms with Gasteiger partial charge in [-0.1, -0.05) is 6.92 Å². The number of hydrogen-bond acceptors (Lipinski definition) is 7. The minimum Gasteiger partial charge on any atom is -0.483 e. The first-order valence-corrected chi connectivity index (χ1v) is 14.0. The molecule has 2 N–H and O–H groups in total. The number of carbonyl (C=O) groups excluding carboxylic acids is 1. The molecule has 4 aliphatic heterocycles. The summed E-state index contributed by atoms with van der Waals surface area (Å²) in [4.78, 5) is 27.1. The standard InChI is InChI=1S/C30H34FN5O3/c1-17-3-4-26(18-9-19-12-30(5-7-35(2)8-6-30)39-27(19)23(31)10-18)36(14-17)29(37)24-11-20-21-15-38-16-22(21)28(32)34-25(20)13-33-24/h9-11,13,17,26H,3-8,12,14-16H2,1-2H3,(H2,32,34)/t17-,26?/m0/s1. The summed E-state index contributed by atoms with van der Waals surface area (Å²) in [5.74, 6) is 0.707. The van der Waals surface area contributed by atoms with Gasteiger partial charge in [-0.05, 0) is 55.1 Å². The second-order valence-corrected chi connectivity index (χ2v) is 11.9. The highest BCUT2D eigenvalue weighted by Crippen LogP contribution is 2.45. The fourth-order valence-corrected chi connectivity index (χ4v) is 6.88. The van der Waals surface area contributed by atoms with Crippen molar-refractivity contribution < 1.29 is 18.7 Å². The summed E-state index contributed by atoms with van der Waals surface area (Å²) in [6.07, 6.45) is 5.86. The first-order valence-electron chi connectivity index (χ1n) is 14.0. The van der Waals surface area contributed by atoms with Crippen LogP contribution in [0, 0.1) is 11.7 Å². The Balaban J connectivity index is 1.22. The normalized spacial score (nSPS) is 24.1. The second kappa shape index (κ2) is 9.13. The molecule has 0 saturated carbocycles. The molecule has 7 rings (SSSR count). The van der Waals surface area contributed by atoms with E-state index in [0.29, 0.717) is 54.9 Å². The van der Waals surface area contributed by atoms with E-state index in [9.17, 15) is 4.79 Å². The fraction of sp³-hybridized carbons (Fsp3) is 0.500. The summed E-state index contributed by atoms with van der Waals surface area (Å²) in [7, 11) is 2.11. The average molecular weight is 532 g/mol. The van der Waals surface area contributed by atoms with Gasteiger partial charge in [0.05, 0.1) is 31.0 Å². The number of rotatable bonds is 2. The van der Waals surface area contributed by atoms with Crippen molar-refractivity contribution >= 4 is 22.6 Å². The highest BCUT2D eigenvalue weighted by molar-refractivity contribution is 5.97. The molecule has 1 aromatic carbocycles. The molecule has 0 bridgehead atoms. The van der Waals surface area contributed by atoms with E-state index in [0.717, 1.165) is 66.4 Å². The number of carbonyl (C=O) groups is 1. The zero-order chi connectivity index (χ0) is 26.9. The van der Waals surface area contributed by atoms with Crippen molar-refractivity contribution in [2.45, 2.75) is 63.9 Å². The van der Waals surface area contributed by atoms with Gasteiger partial charge in [-0.2, -0.15) is 0 Å². The maximum atomic E-state index is 15.5. The number of nitrogens with two attached hydrogens (primary N) is 1. The molecule has 1 unspecified atom stereocenters. The number of halogens is 1. The summed E-state index contributed by atoms with van der Waals surface area (Å²) in [6.45, 7) is 5.50. The smallest absolute Gasteiger partial charge is 0.272 e. The zero-order valence-electron chi connectivity index (χ0n) is 22.5. The molecule has 2 atom stereocenters. The van der Waals surface area contributed by atoms with Crippen molar-refractivity contribution in [3.8, 4) is 5.75 Å². The van der Waals surface area contributed by atoms with Gasteiger partial charge in [0.1, 0.15) is 17.1 Å². The average Bonchev–Trinajstić information content (AvgIpc) is 3.56. The SMILES string of the molecule is C[C@H]1CCC(c2cc(F)c3c(c2)CC2(CCN(C)CC2)O3)N(C(=O)c2cc3c4c(c(N)nc3cn2)COC4)C1. The number of amides is 1. The molecule has 3 aromatic rings. The van der Waals surface area contributed by atoms with Gasteiger partial charge < -0.3 is 25.0 Å². The van der Waals surface area contributed by atoms with E-state index in [4.69, 9.17) is 15.2 Å². The number of aromatic nitrogens is 2. The van der Waals surface area contributed by atoms with E-state index in [1.807, 2.05) is 11.0 Å². The molecule has 0 radical (unpaired) electrons. The lowest BCUT2D eigenvalue weighted by atomic mass is 9.85.